The first-order chi connectivity index (χ1) is 13.3. The summed E-state index contributed by atoms with van der Waals surface area (Å²) in [5.74, 6) is 1.49. The van der Waals surface area contributed by atoms with Crippen molar-refractivity contribution in [2.24, 2.45) is 0 Å². The lowest BCUT2D eigenvalue weighted by molar-refractivity contribution is 0.108. The van der Waals surface area contributed by atoms with Crippen LogP contribution in [0.5, 0.6) is 0 Å². The van der Waals surface area contributed by atoms with Crippen LogP contribution in [0.15, 0.2) is 52.9 Å². The Bertz CT molecular complexity index is 821. The van der Waals surface area contributed by atoms with E-state index in [1.807, 2.05) is 48.5 Å². The van der Waals surface area contributed by atoms with Crippen LogP contribution in [0, 0.1) is 0 Å². The van der Waals surface area contributed by atoms with Gasteiger partial charge in [-0.15, -0.1) is 0 Å². The van der Waals surface area contributed by atoms with Gasteiger partial charge in [0.25, 0.3) is 0 Å². The number of oxazole rings is 1. The van der Waals surface area contributed by atoms with Gasteiger partial charge in [0.05, 0.1) is 0 Å². The molecule has 0 spiro atoms. The summed E-state index contributed by atoms with van der Waals surface area (Å²) in [6.07, 6.45) is 8.92. The maximum Gasteiger partial charge on any atom is 0.227 e. The molecule has 0 radical (unpaired) electrons. The smallest absolute Gasteiger partial charge is 0.227 e. The number of thioether (sulfide) groups is 1. The highest BCUT2D eigenvalue weighted by Crippen LogP contribution is 2.25. The molecule has 3 rings (SSSR count). The zero-order chi connectivity index (χ0) is 18.9. The van der Waals surface area contributed by atoms with Crippen molar-refractivity contribution < 1.29 is 9.21 Å². The SMILES string of the molecule is CCCCCCCCCSC(=O)c1ccc(-c2nc3ccccc3o2)cc1. The van der Waals surface area contributed by atoms with E-state index < -0.39 is 0 Å². The van der Waals surface area contributed by atoms with Crippen LogP contribution in [-0.4, -0.2) is 15.9 Å². The predicted octanol–water partition coefficient (Wildman–Crippen LogP) is 7.12. The molecular weight excluding hydrogens is 354 g/mol. The maximum atomic E-state index is 12.3. The fourth-order valence-corrected chi connectivity index (χ4v) is 3.89. The Morgan fingerprint density at radius 3 is 2.37 bits per heavy atom. The Morgan fingerprint density at radius 2 is 1.63 bits per heavy atom. The zero-order valence-corrected chi connectivity index (χ0v) is 16.8. The summed E-state index contributed by atoms with van der Waals surface area (Å²) in [5, 5.41) is 0.144. The van der Waals surface area contributed by atoms with Gasteiger partial charge >= 0.3 is 0 Å². The minimum Gasteiger partial charge on any atom is -0.436 e. The Labute approximate surface area is 165 Å². The number of carbonyl (C=O) groups is 1. The normalized spacial score (nSPS) is 11.1. The van der Waals surface area contributed by atoms with Crippen molar-refractivity contribution in [1.29, 1.82) is 0 Å². The van der Waals surface area contributed by atoms with Gasteiger partial charge in [-0.05, 0) is 42.8 Å². The molecule has 2 aromatic carbocycles. The molecule has 1 aromatic heterocycles. The molecule has 0 unspecified atom stereocenters. The van der Waals surface area contributed by atoms with E-state index in [2.05, 4.69) is 11.9 Å². The molecule has 0 N–H and O–H groups in total. The Balaban J connectivity index is 1.46. The highest BCUT2D eigenvalue weighted by atomic mass is 32.2. The second-order valence-electron chi connectivity index (χ2n) is 6.82. The predicted molar refractivity (Wildman–Crippen MR) is 114 cm³/mol. The molecule has 0 saturated carbocycles. The largest absolute Gasteiger partial charge is 0.436 e. The first-order valence-corrected chi connectivity index (χ1v) is 10.9. The number of aromatic nitrogens is 1. The molecule has 0 atom stereocenters. The van der Waals surface area contributed by atoms with E-state index in [0.29, 0.717) is 5.89 Å². The second kappa shape index (κ2) is 10.3. The summed E-state index contributed by atoms with van der Waals surface area (Å²) >= 11 is 1.43. The third-order valence-electron chi connectivity index (χ3n) is 4.64. The van der Waals surface area contributed by atoms with Crippen LogP contribution in [0.4, 0.5) is 0 Å². The molecule has 3 aromatic rings. The van der Waals surface area contributed by atoms with E-state index >= 15 is 0 Å². The average Bonchev–Trinajstić information content (AvgIpc) is 3.14. The zero-order valence-electron chi connectivity index (χ0n) is 15.9. The number of carbonyl (C=O) groups excluding carboxylic acids is 1. The summed E-state index contributed by atoms with van der Waals surface area (Å²) in [6.45, 7) is 2.24. The number of hydrogen-bond donors (Lipinski definition) is 0. The van der Waals surface area contributed by atoms with E-state index in [1.54, 1.807) is 0 Å². The molecule has 0 aliphatic heterocycles. The summed E-state index contributed by atoms with van der Waals surface area (Å²) in [7, 11) is 0. The van der Waals surface area contributed by atoms with Gasteiger partial charge in [-0.3, -0.25) is 4.79 Å². The minimum atomic E-state index is 0.144. The van der Waals surface area contributed by atoms with Crippen LogP contribution in [-0.2, 0) is 0 Å². The minimum absolute atomic E-state index is 0.144. The molecule has 0 saturated heterocycles. The van der Waals surface area contributed by atoms with E-state index in [-0.39, 0.29) is 5.12 Å². The van der Waals surface area contributed by atoms with Crippen molar-refractivity contribution in [1.82, 2.24) is 4.98 Å². The van der Waals surface area contributed by atoms with Crippen molar-refractivity contribution in [3.05, 3.63) is 54.1 Å². The van der Waals surface area contributed by atoms with Crippen LogP contribution >= 0.6 is 11.8 Å². The topological polar surface area (TPSA) is 43.1 Å². The Morgan fingerprint density at radius 1 is 0.926 bits per heavy atom. The van der Waals surface area contributed by atoms with Crippen molar-refractivity contribution in [2.45, 2.75) is 51.9 Å². The molecule has 27 heavy (non-hydrogen) atoms. The summed E-state index contributed by atoms with van der Waals surface area (Å²) < 4.78 is 5.78. The third kappa shape index (κ3) is 5.70. The van der Waals surface area contributed by atoms with Gasteiger partial charge < -0.3 is 4.42 Å². The average molecular weight is 382 g/mol. The fourth-order valence-electron chi connectivity index (χ4n) is 3.05. The molecule has 0 bridgehead atoms. The summed E-state index contributed by atoms with van der Waals surface area (Å²) in [4.78, 5) is 16.8. The van der Waals surface area contributed by atoms with Gasteiger partial charge in [-0.2, -0.15) is 0 Å². The first kappa shape index (κ1) is 19.7. The lowest BCUT2D eigenvalue weighted by Crippen LogP contribution is -1.95. The quantitative estimate of drug-likeness (QED) is 0.351. The first-order valence-electron chi connectivity index (χ1n) is 9.91. The number of fused-ring (bicyclic) bond motifs is 1. The fraction of sp³-hybridized carbons (Fsp3) is 0.391. The van der Waals surface area contributed by atoms with Crippen molar-refractivity contribution in [3.8, 4) is 11.5 Å². The molecule has 1 heterocycles. The van der Waals surface area contributed by atoms with Crippen LogP contribution in [0.3, 0.4) is 0 Å². The maximum absolute atomic E-state index is 12.3. The van der Waals surface area contributed by atoms with Crippen LogP contribution in [0.25, 0.3) is 22.6 Å². The van der Waals surface area contributed by atoms with Crippen molar-refractivity contribution in [2.75, 3.05) is 5.75 Å². The van der Waals surface area contributed by atoms with Gasteiger partial charge in [0.1, 0.15) is 5.52 Å². The van der Waals surface area contributed by atoms with E-state index in [4.69, 9.17) is 4.42 Å². The van der Waals surface area contributed by atoms with Gasteiger partial charge in [0, 0.05) is 16.9 Å². The lowest BCUT2D eigenvalue weighted by Gasteiger charge is -2.03. The van der Waals surface area contributed by atoms with Gasteiger partial charge in [0.15, 0.2) is 5.58 Å². The number of para-hydroxylation sites is 2. The summed E-state index contributed by atoms with van der Waals surface area (Å²) in [6, 6.07) is 15.3. The lowest BCUT2D eigenvalue weighted by atomic mass is 10.1. The molecule has 3 nitrogen and oxygen atoms in total. The summed E-state index contributed by atoms with van der Waals surface area (Å²) in [5.41, 5.74) is 3.25. The highest BCUT2D eigenvalue weighted by Gasteiger charge is 2.10. The van der Waals surface area contributed by atoms with E-state index in [0.717, 1.165) is 34.4 Å². The Hall–Kier alpha value is -2.07. The van der Waals surface area contributed by atoms with Gasteiger partial charge in [0.2, 0.25) is 11.0 Å². The van der Waals surface area contributed by atoms with Crippen molar-refractivity contribution >= 4 is 28.0 Å². The van der Waals surface area contributed by atoms with Crippen LogP contribution in [0.2, 0.25) is 0 Å². The number of unbranched alkanes of at least 4 members (excludes halogenated alkanes) is 6. The van der Waals surface area contributed by atoms with Gasteiger partial charge in [-0.1, -0.05) is 69.3 Å². The molecule has 0 amide bonds. The standard InChI is InChI=1S/C23H27NO2S/c1-2-3-4-5-6-7-10-17-27-23(25)19-15-13-18(14-16-19)22-24-20-11-8-9-12-21(20)26-22/h8-9,11-16H,2-7,10,17H2,1H3. The van der Waals surface area contributed by atoms with Gasteiger partial charge in [-0.25, -0.2) is 4.98 Å². The molecule has 4 heteroatoms. The number of benzene rings is 2. The number of nitrogens with zero attached hydrogens (tertiary/aromatic N) is 1. The van der Waals surface area contributed by atoms with Crippen molar-refractivity contribution in [3.63, 3.8) is 0 Å². The highest BCUT2D eigenvalue weighted by molar-refractivity contribution is 8.14. The number of rotatable bonds is 10. The third-order valence-corrected chi connectivity index (χ3v) is 5.63. The van der Waals surface area contributed by atoms with E-state index in [9.17, 15) is 4.79 Å². The second-order valence-corrected chi connectivity index (χ2v) is 7.89. The Kier molecular flexibility index (Phi) is 7.52. The van der Waals surface area contributed by atoms with Crippen LogP contribution < -0.4 is 0 Å². The number of hydrogen-bond acceptors (Lipinski definition) is 4. The molecule has 0 aliphatic rings. The molecule has 142 valence electrons. The molecule has 0 fully saturated rings. The molecule has 0 aliphatic carbocycles. The van der Waals surface area contributed by atoms with Crippen LogP contribution in [0.1, 0.15) is 62.2 Å². The molecular formula is C23H27NO2S. The monoisotopic (exact) mass is 381 g/mol. The van der Waals surface area contributed by atoms with E-state index in [1.165, 1.54) is 50.3 Å².